The molecule has 0 aromatic carbocycles. The van der Waals surface area contributed by atoms with Gasteiger partial charge in [-0.2, -0.15) is 11.8 Å². The topological polar surface area (TPSA) is 46.2 Å². The third-order valence-corrected chi connectivity index (χ3v) is 7.10. The highest BCUT2D eigenvalue weighted by Gasteiger charge is 2.18. The average molecular weight is 308 g/mol. The van der Waals surface area contributed by atoms with E-state index < -0.39 is 9.84 Å². The lowest BCUT2D eigenvalue weighted by Crippen LogP contribution is -2.32. The molecule has 0 amide bonds. The van der Waals surface area contributed by atoms with Crippen molar-refractivity contribution in [3.63, 3.8) is 0 Å². The van der Waals surface area contributed by atoms with Gasteiger partial charge in [-0.05, 0) is 32.2 Å². The van der Waals surface area contributed by atoms with E-state index in [1.807, 2.05) is 0 Å². The van der Waals surface area contributed by atoms with Gasteiger partial charge in [-0.1, -0.05) is 26.7 Å². The quantitative estimate of drug-likeness (QED) is 0.674. The van der Waals surface area contributed by atoms with E-state index in [1.54, 1.807) is 6.92 Å². The molecule has 1 saturated carbocycles. The van der Waals surface area contributed by atoms with Gasteiger partial charge in [-0.25, -0.2) is 8.42 Å². The Morgan fingerprint density at radius 2 is 1.95 bits per heavy atom. The molecule has 1 unspecified atom stereocenters. The number of sulfone groups is 1. The molecule has 1 atom stereocenters. The Bertz CT molecular complexity index is 324. The first-order valence-electron chi connectivity index (χ1n) is 7.62. The standard InChI is InChI=1S/C14H29NO2S2/c1-3-15-13(8-7-11-19(16,17)4-2)12-18-14-9-5-6-10-14/h13-15H,3-12H2,1-2H3. The first-order valence-corrected chi connectivity index (χ1v) is 10.5. The van der Waals surface area contributed by atoms with E-state index in [-0.39, 0.29) is 5.75 Å². The predicted molar refractivity (Wildman–Crippen MR) is 85.7 cm³/mol. The molecule has 0 saturated heterocycles. The van der Waals surface area contributed by atoms with Gasteiger partial charge in [-0.15, -0.1) is 0 Å². The fourth-order valence-corrected chi connectivity index (χ4v) is 4.89. The molecule has 0 aromatic heterocycles. The summed E-state index contributed by atoms with van der Waals surface area (Å²) in [6, 6.07) is 0.475. The molecule has 0 aliphatic heterocycles. The highest BCUT2D eigenvalue weighted by atomic mass is 32.2. The maximum absolute atomic E-state index is 11.5. The van der Waals surface area contributed by atoms with E-state index >= 15 is 0 Å². The van der Waals surface area contributed by atoms with E-state index in [1.165, 1.54) is 25.7 Å². The van der Waals surface area contributed by atoms with Gasteiger partial charge >= 0.3 is 0 Å². The van der Waals surface area contributed by atoms with Gasteiger partial charge < -0.3 is 5.32 Å². The van der Waals surface area contributed by atoms with Crippen molar-refractivity contribution in [1.82, 2.24) is 5.32 Å². The monoisotopic (exact) mass is 307 g/mol. The first-order chi connectivity index (χ1) is 9.07. The van der Waals surface area contributed by atoms with Crippen LogP contribution >= 0.6 is 11.8 Å². The molecule has 1 rings (SSSR count). The zero-order chi connectivity index (χ0) is 14.1. The Morgan fingerprint density at radius 3 is 2.53 bits per heavy atom. The summed E-state index contributed by atoms with van der Waals surface area (Å²) in [6.45, 7) is 4.82. The largest absolute Gasteiger partial charge is 0.313 e. The lowest BCUT2D eigenvalue weighted by molar-refractivity contribution is 0.526. The molecule has 1 aliphatic carbocycles. The molecular weight excluding hydrogens is 278 g/mol. The summed E-state index contributed by atoms with van der Waals surface area (Å²) in [7, 11) is -2.80. The molecule has 1 aliphatic rings. The van der Waals surface area contributed by atoms with Gasteiger partial charge in [0.2, 0.25) is 0 Å². The maximum atomic E-state index is 11.5. The first kappa shape index (κ1) is 17.3. The van der Waals surface area contributed by atoms with Gasteiger partial charge in [0, 0.05) is 22.8 Å². The van der Waals surface area contributed by atoms with Crippen LogP contribution in [-0.4, -0.2) is 43.5 Å². The second kappa shape index (κ2) is 9.24. The Labute approximate surface area is 123 Å². The Balaban J connectivity index is 2.23. The van der Waals surface area contributed by atoms with Crippen LogP contribution in [0.15, 0.2) is 0 Å². The average Bonchev–Trinajstić information content (AvgIpc) is 2.89. The minimum absolute atomic E-state index is 0.274. The zero-order valence-electron chi connectivity index (χ0n) is 12.4. The van der Waals surface area contributed by atoms with Crippen molar-refractivity contribution in [2.45, 2.75) is 63.7 Å². The van der Waals surface area contributed by atoms with E-state index in [2.05, 4.69) is 24.0 Å². The number of hydrogen-bond donors (Lipinski definition) is 1. The number of nitrogens with one attached hydrogen (secondary N) is 1. The molecule has 0 radical (unpaired) electrons. The lowest BCUT2D eigenvalue weighted by atomic mass is 10.2. The third kappa shape index (κ3) is 7.57. The van der Waals surface area contributed by atoms with Gasteiger partial charge in [0.05, 0.1) is 5.75 Å². The Hall–Kier alpha value is 0.260. The van der Waals surface area contributed by atoms with Crippen molar-refractivity contribution in [1.29, 1.82) is 0 Å². The number of thioether (sulfide) groups is 1. The zero-order valence-corrected chi connectivity index (χ0v) is 14.0. The van der Waals surface area contributed by atoms with Crippen molar-refractivity contribution in [3.8, 4) is 0 Å². The summed E-state index contributed by atoms with van der Waals surface area (Å²) in [4.78, 5) is 0. The second-order valence-electron chi connectivity index (χ2n) is 5.37. The van der Waals surface area contributed by atoms with Crippen LogP contribution in [-0.2, 0) is 9.84 Å². The second-order valence-corrected chi connectivity index (χ2v) is 9.18. The van der Waals surface area contributed by atoms with Crippen LogP contribution in [0.4, 0.5) is 0 Å². The van der Waals surface area contributed by atoms with Crippen molar-refractivity contribution in [2.75, 3.05) is 23.8 Å². The Kier molecular flexibility index (Phi) is 8.42. The Morgan fingerprint density at radius 1 is 1.26 bits per heavy atom. The molecule has 114 valence electrons. The van der Waals surface area contributed by atoms with Crippen LogP contribution in [0.5, 0.6) is 0 Å². The van der Waals surface area contributed by atoms with E-state index in [4.69, 9.17) is 0 Å². The minimum atomic E-state index is -2.80. The molecule has 0 aromatic rings. The molecule has 19 heavy (non-hydrogen) atoms. The normalized spacial score (nSPS) is 18.8. The molecule has 1 N–H and O–H groups in total. The van der Waals surface area contributed by atoms with E-state index in [0.29, 0.717) is 11.8 Å². The molecular formula is C14H29NO2S2. The van der Waals surface area contributed by atoms with Crippen LogP contribution in [0.25, 0.3) is 0 Å². The summed E-state index contributed by atoms with van der Waals surface area (Å²) >= 11 is 2.08. The highest BCUT2D eigenvalue weighted by Crippen LogP contribution is 2.30. The van der Waals surface area contributed by atoms with Crippen LogP contribution in [0.3, 0.4) is 0 Å². The minimum Gasteiger partial charge on any atom is -0.313 e. The number of hydrogen-bond acceptors (Lipinski definition) is 4. The van der Waals surface area contributed by atoms with Gasteiger partial charge in [-0.3, -0.25) is 0 Å². The van der Waals surface area contributed by atoms with Crippen molar-refractivity contribution >= 4 is 21.6 Å². The molecule has 0 heterocycles. The molecule has 5 heteroatoms. The number of rotatable bonds is 10. The summed E-state index contributed by atoms with van der Waals surface area (Å²) in [5, 5.41) is 4.34. The fraction of sp³-hybridized carbons (Fsp3) is 1.00. The summed E-state index contributed by atoms with van der Waals surface area (Å²) < 4.78 is 23.0. The van der Waals surface area contributed by atoms with Crippen LogP contribution in [0, 0.1) is 0 Å². The van der Waals surface area contributed by atoms with E-state index in [9.17, 15) is 8.42 Å². The lowest BCUT2D eigenvalue weighted by Gasteiger charge is -2.19. The highest BCUT2D eigenvalue weighted by molar-refractivity contribution is 7.99. The SMILES string of the molecule is CCNC(CCCS(=O)(=O)CC)CSC1CCCC1. The fourth-order valence-electron chi connectivity index (χ4n) is 2.53. The smallest absolute Gasteiger partial charge is 0.150 e. The van der Waals surface area contributed by atoms with Gasteiger partial charge in [0.1, 0.15) is 9.84 Å². The molecule has 0 bridgehead atoms. The predicted octanol–water partition coefficient (Wildman–Crippen LogP) is 2.86. The van der Waals surface area contributed by atoms with Crippen molar-refractivity contribution in [3.05, 3.63) is 0 Å². The maximum Gasteiger partial charge on any atom is 0.150 e. The third-order valence-electron chi connectivity index (χ3n) is 3.78. The van der Waals surface area contributed by atoms with Crippen LogP contribution in [0.1, 0.15) is 52.4 Å². The summed E-state index contributed by atoms with van der Waals surface area (Å²) in [5.74, 6) is 1.75. The van der Waals surface area contributed by atoms with Crippen molar-refractivity contribution in [2.24, 2.45) is 0 Å². The molecule has 1 fully saturated rings. The summed E-state index contributed by atoms with van der Waals surface area (Å²) in [6.07, 6.45) is 7.28. The summed E-state index contributed by atoms with van der Waals surface area (Å²) in [5.41, 5.74) is 0. The molecule has 3 nitrogen and oxygen atoms in total. The van der Waals surface area contributed by atoms with Gasteiger partial charge in [0.15, 0.2) is 0 Å². The van der Waals surface area contributed by atoms with E-state index in [0.717, 1.165) is 30.4 Å². The van der Waals surface area contributed by atoms with Crippen LogP contribution in [0.2, 0.25) is 0 Å². The van der Waals surface area contributed by atoms with Crippen molar-refractivity contribution < 1.29 is 8.42 Å². The molecule has 0 spiro atoms. The van der Waals surface area contributed by atoms with Gasteiger partial charge in [0.25, 0.3) is 0 Å². The van der Waals surface area contributed by atoms with Crippen LogP contribution < -0.4 is 5.32 Å².